The fourth-order valence-corrected chi connectivity index (χ4v) is 1.69. The molecule has 0 saturated heterocycles. The molecule has 0 aromatic carbocycles. The zero-order valence-electron chi connectivity index (χ0n) is 7.68. The molecular weight excluding hydrogens is 345 g/mol. The Kier molecular flexibility index (Phi) is 4.30. The molecule has 0 unspecified atom stereocenters. The minimum Gasteiger partial charge on any atom is -0.392 e. The van der Waals surface area contributed by atoms with Crippen LogP contribution in [0.25, 0.3) is 0 Å². The number of nitrogens with zero attached hydrogens (tertiary/aromatic N) is 1. The zero-order chi connectivity index (χ0) is 12.3. The molecule has 3 nitrogen and oxygen atoms in total. The molecule has 0 fully saturated rings. The van der Waals surface area contributed by atoms with Gasteiger partial charge in [-0.05, 0) is 22.6 Å². The van der Waals surface area contributed by atoms with Gasteiger partial charge in [-0.3, -0.25) is 0 Å². The number of aromatic nitrogens is 1. The largest absolute Gasteiger partial charge is 0.574 e. The van der Waals surface area contributed by atoms with Gasteiger partial charge in [0.2, 0.25) is 5.88 Å². The number of rotatable bonds is 3. The van der Waals surface area contributed by atoms with Crippen LogP contribution in [0.4, 0.5) is 17.6 Å². The van der Waals surface area contributed by atoms with E-state index in [4.69, 9.17) is 5.11 Å². The Labute approximate surface area is 102 Å². The lowest BCUT2D eigenvalue weighted by Crippen LogP contribution is -2.19. The molecule has 0 radical (unpaired) electrons. The molecule has 16 heavy (non-hydrogen) atoms. The number of pyridine rings is 1. The van der Waals surface area contributed by atoms with Crippen molar-refractivity contribution < 1.29 is 27.4 Å². The Morgan fingerprint density at radius 3 is 2.44 bits per heavy atom. The van der Waals surface area contributed by atoms with Crippen molar-refractivity contribution in [2.75, 3.05) is 0 Å². The Hall–Kier alpha value is -0.640. The maximum atomic E-state index is 12.6. The summed E-state index contributed by atoms with van der Waals surface area (Å²) in [5.74, 6) is -0.862. The van der Waals surface area contributed by atoms with E-state index in [2.05, 4.69) is 9.72 Å². The van der Waals surface area contributed by atoms with Crippen LogP contribution in [0.3, 0.4) is 0 Å². The zero-order valence-corrected chi connectivity index (χ0v) is 9.84. The van der Waals surface area contributed by atoms with Crippen LogP contribution in [-0.2, 0) is 13.3 Å². The molecule has 1 aromatic rings. The average Bonchev–Trinajstić information content (AvgIpc) is 2.18. The molecule has 0 bridgehead atoms. The van der Waals surface area contributed by atoms with E-state index >= 15 is 0 Å². The summed E-state index contributed by atoms with van der Waals surface area (Å²) in [6.07, 6.45) is -3.86. The fraction of sp³-hybridized carbons (Fsp3) is 0.375. The molecule has 8 heteroatoms. The normalized spacial score (nSPS) is 11.6. The monoisotopic (exact) mass is 351 g/mol. The lowest BCUT2D eigenvalue weighted by molar-refractivity contribution is -0.276. The standard InChI is InChI=1S/C8H6F4INO2/c9-1-4-5(3-15)6(13)2-14-7(4)16-8(10,11)12/h2,15H,1,3H2. The minimum atomic E-state index is -4.93. The summed E-state index contributed by atoms with van der Waals surface area (Å²) in [5, 5.41) is 8.92. The number of aliphatic hydroxyl groups excluding tert-OH is 1. The second-order valence-electron chi connectivity index (χ2n) is 2.71. The number of aliphatic hydroxyl groups is 1. The topological polar surface area (TPSA) is 42.4 Å². The maximum Gasteiger partial charge on any atom is 0.574 e. The van der Waals surface area contributed by atoms with Gasteiger partial charge in [-0.15, -0.1) is 13.2 Å². The van der Waals surface area contributed by atoms with Crippen molar-refractivity contribution in [1.29, 1.82) is 0 Å². The van der Waals surface area contributed by atoms with Crippen LogP contribution >= 0.6 is 22.6 Å². The summed E-state index contributed by atoms with van der Waals surface area (Å²) in [7, 11) is 0. The summed E-state index contributed by atoms with van der Waals surface area (Å²) in [4.78, 5) is 3.34. The second-order valence-corrected chi connectivity index (χ2v) is 3.87. The Balaban J connectivity index is 3.19. The van der Waals surface area contributed by atoms with Gasteiger partial charge in [0.25, 0.3) is 0 Å². The van der Waals surface area contributed by atoms with E-state index in [1.54, 1.807) is 22.6 Å². The van der Waals surface area contributed by atoms with Crippen molar-refractivity contribution in [2.45, 2.75) is 19.6 Å². The lowest BCUT2D eigenvalue weighted by Gasteiger charge is -2.13. The van der Waals surface area contributed by atoms with E-state index in [-0.39, 0.29) is 11.1 Å². The van der Waals surface area contributed by atoms with E-state index in [0.717, 1.165) is 6.20 Å². The number of alkyl halides is 4. The van der Waals surface area contributed by atoms with Gasteiger partial charge in [-0.1, -0.05) is 0 Å². The van der Waals surface area contributed by atoms with Crippen LogP contribution in [0.15, 0.2) is 6.20 Å². The first-order chi connectivity index (χ1) is 7.39. The predicted molar refractivity (Wildman–Crippen MR) is 54.4 cm³/mol. The molecule has 0 spiro atoms. The van der Waals surface area contributed by atoms with E-state index < -0.39 is 25.5 Å². The fourth-order valence-electron chi connectivity index (χ4n) is 1.05. The smallest absolute Gasteiger partial charge is 0.392 e. The van der Waals surface area contributed by atoms with Crippen molar-refractivity contribution in [2.24, 2.45) is 0 Å². The van der Waals surface area contributed by atoms with Crippen molar-refractivity contribution in [3.8, 4) is 5.88 Å². The average molecular weight is 351 g/mol. The SMILES string of the molecule is OCc1c(I)cnc(OC(F)(F)F)c1CF. The first-order valence-corrected chi connectivity index (χ1v) is 5.05. The van der Waals surface area contributed by atoms with Crippen molar-refractivity contribution in [3.05, 3.63) is 20.9 Å². The highest BCUT2D eigenvalue weighted by Crippen LogP contribution is 2.29. The number of hydrogen-bond donors (Lipinski definition) is 1. The quantitative estimate of drug-likeness (QED) is 0.673. The first-order valence-electron chi connectivity index (χ1n) is 3.98. The van der Waals surface area contributed by atoms with Gasteiger partial charge in [0.05, 0.1) is 12.2 Å². The van der Waals surface area contributed by atoms with E-state index in [1.807, 2.05) is 0 Å². The van der Waals surface area contributed by atoms with Crippen LogP contribution in [0.1, 0.15) is 11.1 Å². The highest BCUT2D eigenvalue weighted by atomic mass is 127. The van der Waals surface area contributed by atoms with Gasteiger partial charge in [-0.25, -0.2) is 9.37 Å². The van der Waals surface area contributed by atoms with Crippen LogP contribution in [0.2, 0.25) is 0 Å². The number of hydrogen-bond acceptors (Lipinski definition) is 3. The third-order valence-electron chi connectivity index (χ3n) is 1.71. The molecule has 0 saturated carbocycles. The van der Waals surface area contributed by atoms with Gasteiger partial charge in [-0.2, -0.15) is 0 Å². The van der Waals surface area contributed by atoms with E-state index in [1.165, 1.54) is 0 Å². The maximum absolute atomic E-state index is 12.6. The molecule has 1 heterocycles. The molecule has 1 aromatic heterocycles. The third kappa shape index (κ3) is 3.17. The Bertz CT molecular complexity index is 383. The highest BCUT2D eigenvalue weighted by Gasteiger charge is 2.33. The van der Waals surface area contributed by atoms with Crippen LogP contribution in [0, 0.1) is 3.57 Å². The minimum absolute atomic E-state index is 0.0531. The summed E-state index contributed by atoms with van der Waals surface area (Å²) < 4.78 is 52.4. The van der Waals surface area contributed by atoms with Crippen molar-refractivity contribution in [3.63, 3.8) is 0 Å². The van der Waals surface area contributed by atoms with Gasteiger partial charge in [0.1, 0.15) is 6.67 Å². The second kappa shape index (κ2) is 5.13. The highest BCUT2D eigenvalue weighted by molar-refractivity contribution is 14.1. The molecule has 0 atom stereocenters. The van der Waals surface area contributed by atoms with Crippen LogP contribution < -0.4 is 4.74 Å². The predicted octanol–water partition coefficient (Wildman–Crippen LogP) is 2.55. The Morgan fingerprint density at radius 2 is 2.00 bits per heavy atom. The van der Waals surface area contributed by atoms with Gasteiger partial charge < -0.3 is 9.84 Å². The molecule has 0 aliphatic carbocycles. The summed E-state index contributed by atoms with van der Waals surface area (Å²) in [6.45, 7) is -1.76. The van der Waals surface area contributed by atoms with Crippen molar-refractivity contribution in [1.82, 2.24) is 4.98 Å². The molecule has 90 valence electrons. The molecule has 0 aliphatic heterocycles. The van der Waals surface area contributed by atoms with E-state index in [0.29, 0.717) is 3.57 Å². The molecule has 1 rings (SSSR count). The summed E-state index contributed by atoms with van der Waals surface area (Å²) in [6, 6.07) is 0. The van der Waals surface area contributed by atoms with Gasteiger partial charge in [0.15, 0.2) is 0 Å². The number of ether oxygens (including phenoxy) is 1. The summed E-state index contributed by atoms with van der Waals surface area (Å²) in [5.41, 5.74) is -0.330. The van der Waals surface area contributed by atoms with Gasteiger partial charge in [0, 0.05) is 15.3 Å². The molecule has 0 amide bonds. The van der Waals surface area contributed by atoms with Crippen molar-refractivity contribution >= 4 is 22.6 Å². The molecule has 1 N–H and O–H groups in total. The number of halogens is 5. The van der Waals surface area contributed by atoms with Crippen LogP contribution in [-0.4, -0.2) is 16.5 Å². The summed E-state index contributed by atoms with van der Waals surface area (Å²) >= 11 is 1.74. The lowest BCUT2D eigenvalue weighted by atomic mass is 10.1. The first kappa shape index (κ1) is 13.4. The van der Waals surface area contributed by atoms with Crippen LogP contribution in [0.5, 0.6) is 5.88 Å². The third-order valence-corrected chi connectivity index (χ3v) is 2.64. The molecule has 0 aliphatic rings. The van der Waals surface area contributed by atoms with Gasteiger partial charge >= 0.3 is 6.36 Å². The molecular formula is C8H6F4INO2. The Morgan fingerprint density at radius 1 is 1.38 bits per heavy atom. The van der Waals surface area contributed by atoms with E-state index in [9.17, 15) is 17.6 Å².